The standard InChI is InChI=1S/C34H34ClN3O4/c35-32-28-16-17-38(33(28)37-24-36-32)29-18-34(22-39,23-40-19-25-10-4-1-5-11-25)31(42-21-27-14-8-3-9-15-27)30(29)41-20-26-12-6-2-7-13-26/h1-17,24,29-31,39H,18-23H2/t29-,30+,31+,34+/m1/s1. The Morgan fingerprint density at radius 3 is 2.00 bits per heavy atom. The van der Waals surface area contributed by atoms with Gasteiger partial charge in [-0.15, -0.1) is 0 Å². The number of aliphatic hydroxyl groups excluding tert-OH is 1. The van der Waals surface area contributed by atoms with E-state index < -0.39 is 17.6 Å². The van der Waals surface area contributed by atoms with Gasteiger partial charge >= 0.3 is 0 Å². The van der Waals surface area contributed by atoms with Gasteiger partial charge in [0, 0.05) is 11.6 Å². The van der Waals surface area contributed by atoms with E-state index in [1.165, 1.54) is 6.33 Å². The second kappa shape index (κ2) is 13.2. The number of fused-ring (bicyclic) bond motifs is 1. The average molecular weight is 584 g/mol. The molecule has 216 valence electrons. The zero-order valence-electron chi connectivity index (χ0n) is 23.3. The smallest absolute Gasteiger partial charge is 0.145 e. The van der Waals surface area contributed by atoms with Gasteiger partial charge in [-0.3, -0.25) is 0 Å². The maximum Gasteiger partial charge on any atom is 0.145 e. The van der Waals surface area contributed by atoms with Gasteiger partial charge in [-0.1, -0.05) is 103 Å². The van der Waals surface area contributed by atoms with Gasteiger partial charge in [0.05, 0.1) is 50.6 Å². The van der Waals surface area contributed by atoms with Crippen LogP contribution >= 0.6 is 11.6 Å². The third kappa shape index (κ3) is 6.11. The lowest BCUT2D eigenvalue weighted by molar-refractivity contribution is -0.143. The Morgan fingerprint density at radius 2 is 1.38 bits per heavy atom. The first-order chi connectivity index (χ1) is 20.7. The van der Waals surface area contributed by atoms with Crippen LogP contribution in [0.1, 0.15) is 29.2 Å². The van der Waals surface area contributed by atoms with Crippen LogP contribution in [0.3, 0.4) is 0 Å². The number of rotatable bonds is 12. The number of aliphatic hydroxyl groups is 1. The van der Waals surface area contributed by atoms with Gasteiger partial charge in [0.1, 0.15) is 23.2 Å². The van der Waals surface area contributed by atoms with Crippen molar-refractivity contribution in [2.45, 2.75) is 44.5 Å². The maximum atomic E-state index is 11.1. The third-order valence-electron chi connectivity index (χ3n) is 8.09. The summed E-state index contributed by atoms with van der Waals surface area (Å²) in [6.07, 6.45) is 3.12. The van der Waals surface area contributed by atoms with Crippen molar-refractivity contribution in [1.82, 2.24) is 14.5 Å². The molecule has 5 aromatic rings. The highest BCUT2D eigenvalue weighted by atomic mass is 35.5. The number of hydrogen-bond acceptors (Lipinski definition) is 6. The van der Waals surface area contributed by atoms with E-state index >= 15 is 0 Å². The Bertz CT molecular complexity index is 1570. The molecule has 1 fully saturated rings. The number of aromatic nitrogens is 3. The predicted molar refractivity (Wildman–Crippen MR) is 162 cm³/mol. The molecular weight excluding hydrogens is 550 g/mol. The van der Waals surface area contributed by atoms with Crippen LogP contribution in [0.4, 0.5) is 0 Å². The van der Waals surface area contributed by atoms with Crippen molar-refractivity contribution in [2.75, 3.05) is 13.2 Å². The van der Waals surface area contributed by atoms with Crippen molar-refractivity contribution in [1.29, 1.82) is 0 Å². The highest BCUT2D eigenvalue weighted by Gasteiger charge is 2.56. The molecule has 42 heavy (non-hydrogen) atoms. The van der Waals surface area contributed by atoms with Crippen molar-refractivity contribution in [3.63, 3.8) is 0 Å². The highest BCUT2D eigenvalue weighted by Crippen LogP contribution is 2.49. The largest absolute Gasteiger partial charge is 0.396 e. The van der Waals surface area contributed by atoms with E-state index in [0.29, 0.717) is 43.6 Å². The summed E-state index contributed by atoms with van der Waals surface area (Å²) in [4.78, 5) is 8.73. The first kappa shape index (κ1) is 28.5. The van der Waals surface area contributed by atoms with E-state index in [0.717, 1.165) is 22.1 Å². The van der Waals surface area contributed by atoms with Gasteiger partial charge in [0.15, 0.2) is 0 Å². The fourth-order valence-corrected chi connectivity index (χ4v) is 6.14. The van der Waals surface area contributed by atoms with Crippen molar-refractivity contribution < 1.29 is 19.3 Å². The summed E-state index contributed by atoms with van der Waals surface area (Å²) in [6.45, 7) is 1.38. The maximum absolute atomic E-state index is 11.1. The average Bonchev–Trinajstić information content (AvgIpc) is 3.60. The van der Waals surface area contributed by atoms with Crippen molar-refractivity contribution in [2.24, 2.45) is 5.41 Å². The second-order valence-corrected chi connectivity index (χ2v) is 11.2. The van der Waals surface area contributed by atoms with Crippen LogP contribution in [0.2, 0.25) is 5.15 Å². The molecular formula is C34H34ClN3O4. The Kier molecular flexibility index (Phi) is 8.93. The van der Waals surface area contributed by atoms with Gasteiger partial charge in [0.25, 0.3) is 0 Å². The molecule has 3 aromatic carbocycles. The fourth-order valence-electron chi connectivity index (χ4n) is 5.95. The molecule has 2 aromatic heterocycles. The summed E-state index contributed by atoms with van der Waals surface area (Å²) in [5.41, 5.74) is 3.16. The first-order valence-corrected chi connectivity index (χ1v) is 14.6. The Morgan fingerprint density at radius 1 is 0.786 bits per heavy atom. The van der Waals surface area contributed by atoms with Gasteiger partial charge in [0.2, 0.25) is 0 Å². The van der Waals surface area contributed by atoms with E-state index in [9.17, 15) is 5.11 Å². The van der Waals surface area contributed by atoms with Crippen LogP contribution in [0.5, 0.6) is 0 Å². The molecule has 0 unspecified atom stereocenters. The molecule has 8 heteroatoms. The van der Waals surface area contributed by atoms with E-state index in [1.807, 2.05) is 103 Å². The van der Waals surface area contributed by atoms with Gasteiger partial charge in [-0.25, -0.2) is 9.97 Å². The summed E-state index contributed by atoms with van der Waals surface area (Å²) in [5.74, 6) is 0. The van der Waals surface area contributed by atoms with E-state index in [4.69, 9.17) is 25.8 Å². The van der Waals surface area contributed by atoms with Crippen LogP contribution in [-0.4, -0.2) is 45.1 Å². The normalized spacial score (nSPS) is 22.1. The number of benzene rings is 3. The predicted octanol–water partition coefficient (Wildman–Crippen LogP) is 6.40. The van der Waals surface area contributed by atoms with Crippen molar-refractivity contribution >= 4 is 22.6 Å². The molecule has 6 rings (SSSR count). The molecule has 4 atom stereocenters. The molecule has 1 aliphatic rings. The van der Waals surface area contributed by atoms with Crippen LogP contribution in [0.15, 0.2) is 110 Å². The lowest BCUT2D eigenvalue weighted by Crippen LogP contribution is -2.45. The molecule has 0 radical (unpaired) electrons. The van der Waals surface area contributed by atoms with Gasteiger partial charge in [-0.05, 0) is 29.2 Å². The number of nitrogens with zero attached hydrogens (tertiary/aromatic N) is 3. The third-order valence-corrected chi connectivity index (χ3v) is 8.39. The molecule has 1 N–H and O–H groups in total. The molecule has 0 spiro atoms. The van der Waals surface area contributed by atoms with E-state index in [-0.39, 0.29) is 12.6 Å². The fraction of sp³-hybridized carbons (Fsp3) is 0.294. The number of halogens is 1. The molecule has 7 nitrogen and oxygen atoms in total. The van der Waals surface area contributed by atoms with E-state index in [2.05, 4.69) is 14.5 Å². The molecule has 0 amide bonds. The summed E-state index contributed by atoms with van der Waals surface area (Å²) >= 11 is 6.43. The molecule has 0 aliphatic heterocycles. The number of hydrogen-bond donors (Lipinski definition) is 1. The zero-order chi connectivity index (χ0) is 28.8. The van der Waals surface area contributed by atoms with Crippen LogP contribution in [-0.2, 0) is 34.0 Å². The molecule has 0 bridgehead atoms. The summed E-state index contributed by atoms with van der Waals surface area (Å²) in [6, 6.07) is 31.9. The van der Waals surface area contributed by atoms with Crippen LogP contribution in [0, 0.1) is 5.41 Å². The lowest BCUT2D eigenvalue weighted by atomic mass is 9.85. The minimum atomic E-state index is -0.733. The Hall–Kier alpha value is -3.59. The Balaban J connectivity index is 1.36. The summed E-state index contributed by atoms with van der Waals surface area (Å²) < 4.78 is 21.9. The Labute approximate surface area is 250 Å². The first-order valence-electron chi connectivity index (χ1n) is 14.2. The second-order valence-electron chi connectivity index (χ2n) is 10.9. The van der Waals surface area contributed by atoms with Crippen molar-refractivity contribution in [3.05, 3.63) is 131 Å². The lowest BCUT2D eigenvalue weighted by Gasteiger charge is -2.35. The van der Waals surface area contributed by atoms with Crippen molar-refractivity contribution in [3.8, 4) is 0 Å². The molecule has 1 saturated carbocycles. The topological polar surface area (TPSA) is 78.6 Å². The summed E-state index contributed by atoms with van der Waals surface area (Å²) in [5, 5.41) is 12.3. The summed E-state index contributed by atoms with van der Waals surface area (Å²) in [7, 11) is 0. The van der Waals surface area contributed by atoms with Crippen LogP contribution in [0.25, 0.3) is 11.0 Å². The molecule has 1 aliphatic carbocycles. The highest BCUT2D eigenvalue weighted by molar-refractivity contribution is 6.33. The number of ether oxygens (including phenoxy) is 3. The minimum absolute atomic E-state index is 0.127. The van der Waals surface area contributed by atoms with Gasteiger partial charge in [-0.2, -0.15) is 0 Å². The van der Waals surface area contributed by atoms with Gasteiger partial charge < -0.3 is 23.9 Å². The quantitative estimate of drug-likeness (QED) is 0.171. The van der Waals surface area contributed by atoms with E-state index in [1.54, 1.807) is 0 Å². The van der Waals surface area contributed by atoms with Crippen LogP contribution < -0.4 is 0 Å². The monoisotopic (exact) mass is 583 g/mol. The minimum Gasteiger partial charge on any atom is -0.396 e. The molecule has 2 heterocycles. The molecule has 0 saturated heterocycles. The SMILES string of the molecule is OC[C@]1(COCc2ccccc2)C[C@@H](n2ccc3c(Cl)ncnc32)[C@H](OCc2ccccc2)[C@@H]1OCc1ccccc1. The zero-order valence-corrected chi connectivity index (χ0v) is 24.0.